The molecule has 1 saturated heterocycles. The van der Waals surface area contributed by atoms with Crippen LogP contribution in [-0.2, 0) is 20.7 Å². The molecule has 0 unspecified atom stereocenters. The molecule has 0 radical (unpaired) electrons. The highest BCUT2D eigenvalue weighted by molar-refractivity contribution is 5.95. The zero-order valence-electron chi connectivity index (χ0n) is 24.5. The van der Waals surface area contributed by atoms with Crippen molar-refractivity contribution >= 4 is 17.7 Å². The lowest BCUT2D eigenvalue weighted by molar-refractivity contribution is -0.134. The molecule has 1 saturated carbocycles. The normalized spacial score (nSPS) is 18.7. The maximum Gasteiger partial charge on any atom is 0.254 e. The fraction of sp³-hybridized carbons (Fsp3) is 0.700. The lowest BCUT2D eigenvalue weighted by Crippen LogP contribution is -2.45. The molecule has 2 fully saturated rings. The van der Waals surface area contributed by atoms with Crippen molar-refractivity contribution in [3.8, 4) is 5.75 Å². The summed E-state index contributed by atoms with van der Waals surface area (Å²) in [7, 11) is 3.27. The minimum absolute atomic E-state index is 0.000693. The van der Waals surface area contributed by atoms with Crippen molar-refractivity contribution in [3.05, 3.63) is 29.3 Å². The second-order valence-corrected chi connectivity index (χ2v) is 11.1. The van der Waals surface area contributed by atoms with Gasteiger partial charge in [-0.25, -0.2) is 0 Å². The van der Waals surface area contributed by atoms with E-state index in [2.05, 4.69) is 31.4 Å². The lowest BCUT2D eigenvalue weighted by atomic mass is 9.93. The van der Waals surface area contributed by atoms with Gasteiger partial charge in [-0.05, 0) is 62.6 Å². The lowest BCUT2D eigenvalue weighted by Gasteiger charge is -2.34. The summed E-state index contributed by atoms with van der Waals surface area (Å²) in [6.07, 6.45) is 4.12. The number of carbonyl (C=O) groups excluding carboxylic acids is 3. The molecule has 1 aliphatic heterocycles. The molecule has 0 spiro atoms. The Kier molecular flexibility index (Phi) is 12.1. The van der Waals surface area contributed by atoms with Crippen LogP contribution in [-0.4, -0.2) is 93.2 Å². The number of nitrogens with one attached hydrogen (secondary N) is 2. The van der Waals surface area contributed by atoms with Crippen molar-refractivity contribution in [1.82, 2.24) is 20.4 Å². The Balaban J connectivity index is 1.68. The Labute approximate surface area is 234 Å². The molecule has 1 heterocycles. The summed E-state index contributed by atoms with van der Waals surface area (Å²) < 4.78 is 11.1. The van der Waals surface area contributed by atoms with Crippen LogP contribution in [0.5, 0.6) is 5.75 Å². The molecule has 0 aromatic heterocycles. The van der Waals surface area contributed by atoms with Crippen molar-refractivity contribution in [2.75, 3.05) is 53.6 Å². The van der Waals surface area contributed by atoms with Crippen LogP contribution in [0.3, 0.4) is 0 Å². The third-order valence-electron chi connectivity index (χ3n) is 7.82. The monoisotopic (exact) mass is 544 g/mol. The van der Waals surface area contributed by atoms with E-state index in [1.54, 1.807) is 14.2 Å². The standard InChI is InChI=1S/C30H48N4O5/c1-6-22-8-9-23(16-27(22)39-15-7-14-38-5)30(37)33(21(2)3)19-24-17-32-18-25(24)20-34(26-10-11-26)29(36)13-12-28(35)31-4/h8-9,16,21,24-26,32H,6-7,10-15,17-20H2,1-5H3,(H,31,35)/t24-,25-/m0/s1. The molecule has 3 amide bonds. The number of rotatable bonds is 16. The van der Waals surface area contributed by atoms with Gasteiger partial charge in [-0.2, -0.15) is 0 Å². The van der Waals surface area contributed by atoms with Crippen LogP contribution in [0, 0.1) is 11.8 Å². The molecule has 1 aliphatic carbocycles. The van der Waals surface area contributed by atoms with Gasteiger partial charge in [0, 0.05) is 83.9 Å². The van der Waals surface area contributed by atoms with Crippen LogP contribution >= 0.6 is 0 Å². The van der Waals surface area contributed by atoms with Crippen molar-refractivity contribution < 1.29 is 23.9 Å². The van der Waals surface area contributed by atoms with Gasteiger partial charge in [0.15, 0.2) is 0 Å². The summed E-state index contributed by atoms with van der Waals surface area (Å²) in [5.41, 5.74) is 1.72. The van der Waals surface area contributed by atoms with Gasteiger partial charge < -0.3 is 29.9 Å². The summed E-state index contributed by atoms with van der Waals surface area (Å²) >= 11 is 0. The predicted molar refractivity (Wildman–Crippen MR) is 152 cm³/mol. The summed E-state index contributed by atoms with van der Waals surface area (Å²) in [6, 6.07) is 6.10. The molecular weight excluding hydrogens is 496 g/mol. The summed E-state index contributed by atoms with van der Waals surface area (Å²) in [5.74, 6) is 1.20. The molecule has 3 rings (SSSR count). The van der Waals surface area contributed by atoms with E-state index < -0.39 is 0 Å². The van der Waals surface area contributed by atoms with Crippen molar-refractivity contribution in [2.45, 2.75) is 71.4 Å². The Bertz CT molecular complexity index is 965. The second-order valence-electron chi connectivity index (χ2n) is 11.1. The first-order valence-electron chi connectivity index (χ1n) is 14.5. The zero-order valence-corrected chi connectivity index (χ0v) is 24.5. The number of carbonyl (C=O) groups is 3. The first-order valence-corrected chi connectivity index (χ1v) is 14.5. The highest BCUT2D eigenvalue weighted by atomic mass is 16.5. The van der Waals surface area contributed by atoms with Crippen molar-refractivity contribution in [1.29, 1.82) is 0 Å². The largest absolute Gasteiger partial charge is 0.493 e. The third-order valence-corrected chi connectivity index (χ3v) is 7.82. The van der Waals surface area contributed by atoms with Gasteiger partial charge in [-0.3, -0.25) is 14.4 Å². The number of methoxy groups -OCH3 is 1. The minimum Gasteiger partial charge on any atom is -0.493 e. The highest BCUT2D eigenvalue weighted by Crippen LogP contribution is 2.31. The number of hydrogen-bond donors (Lipinski definition) is 2. The average molecular weight is 545 g/mol. The quantitative estimate of drug-likeness (QED) is 0.311. The van der Waals surface area contributed by atoms with E-state index in [1.807, 2.05) is 28.0 Å². The first-order chi connectivity index (χ1) is 18.8. The molecule has 218 valence electrons. The fourth-order valence-electron chi connectivity index (χ4n) is 5.24. The van der Waals surface area contributed by atoms with Crippen molar-refractivity contribution in [3.63, 3.8) is 0 Å². The molecule has 2 aliphatic rings. The Morgan fingerprint density at radius 1 is 1.08 bits per heavy atom. The Morgan fingerprint density at radius 3 is 2.41 bits per heavy atom. The maximum absolute atomic E-state index is 13.8. The molecule has 2 atom stereocenters. The summed E-state index contributed by atoms with van der Waals surface area (Å²) in [5, 5.41) is 6.09. The Hall–Kier alpha value is -2.65. The number of amides is 3. The van der Waals surface area contributed by atoms with Crippen LogP contribution in [0.4, 0.5) is 0 Å². The van der Waals surface area contributed by atoms with E-state index in [0.29, 0.717) is 31.9 Å². The number of benzene rings is 1. The van der Waals surface area contributed by atoms with E-state index in [-0.39, 0.29) is 54.5 Å². The molecule has 2 N–H and O–H groups in total. The number of aryl methyl sites for hydroxylation is 1. The second kappa shape index (κ2) is 15.2. The number of hydrogen-bond acceptors (Lipinski definition) is 6. The van der Waals surface area contributed by atoms with Gasteiger partial charge in [0.2, 0.25) is 11.8 Å². The Morgan fingerprint density at radius 2 is 1.79 bits per heavy atom. The predicted octanol–water partition coefficient (Wildman–Crippen LogP) is 2.87. The number of nitrogens with zero attached hydrogens (tertiary/aromatic N) is 2. The van der Waals surface area contributed by atoms with Crippen LogP contribution in [0.15, 0.2) is 18.2 Å². The van der Waals surface area contributed by atoms with E-state index in [1.165, 1.54) is 0 Å². The highest BCUT2D eigenvalue weighted by Gasteiger charge is 2.38. The topological polar surface area (TPSA) is 100 Å². The van der Waals surface area contributed by atoms with Gasteiger partial charge >= 0.3 is 0 Å². The first kappa shape index (κ1) is 30.9. The van der Waals surface area contributed by atoms with Crippen molar-refractivity contribution in [2.24, 2.45) is 11.8 Å². The van der Waals surface area contributed by atoms with Crippen LogP contribution < -0.4 is 15.4 Å². The van der Waals surface area contributed by atoms with Crippen LogP contribution in [0.2, 0.25) is 0 Å². The summed E-state index contributed by atoms with van der Waals surface area (Å²) in [6.45, 7) is 10.3. The average Bonchev–Trinajstić information content (AvgIpc) is 3.69. The molecular formula is C30H48N4O5. The minimum atomic E-state index is -0.110. The van der Waals surface area contributed by atoms with E-state index >= 15 is 0 Å². The van der Waals surface area contributed by atoms with Gasteiger partial charge in [-0.1, -0.05) is 13.0 Å². The van der Waals surface area contributed by atoms with E-state index in [4.69, 9.17) is 9.47 Å². The molecule has 1 aromatic rings. The zero-order chi connectivity index (χ0) is 28.4. The maximum atomic E-state index is 13.8. The molecule has 39 heavy (non-hydrogen) atoms. The molecule has 9 heteroatoms. The smallest absolute Gasteiger partial charge is 0.254 e. The fourth-order valence-corrected chi connectivity index (χ4v) is 5.24. The SMILES string of the molecule is CCc1ccc(C(=O)N(C[C@@H]2CNC[C@H]2CN(C(=O)CCC(=O)NC)C2CC2)C(C)C)cc1OCCCOC. The molecule has 9 nitrogen and oxygen atoms in total. The van der Waals surface area contributed by atoms with Gasteiger partial charge in [-0.15, -0.1) is 0 Å². The molecule has 0 bridgehead atoms. The van der Waals surface area contributed by atoms with Crippen LogP contribution in [0.1, 0.15) is 68.8 Å². The van der Waals surface area contributed by atoms with Gasteiger partial charge in [0.1, 0.15) is 5.75 Å². The summed E-state index contributed by atoms with van der Waals surface area (Å²) in [4.78, 5) is 42.4. The van der Waals surface area contributed by atoms with E-state index in [9.17, 15) is 14.4 Å². The van der Waals surface area contributed by atoms with Gasteiger partial charge in [0.05, 0.1) is 6.61 Å². The molecule has 1 aromatic carbocycles. The van der Waals surface area contributed by atoms with Crippen LogP contribution in [0.25, 0.3) is 0 Å². The third kappa shape index (κ3) is 8.93. The number of ether oxygens (including phenoxy) is 2. The van der Waals surface area contributed by atoms with Gasteiger partial charge in [0.25, 0.3) is 5.91 Å². The van der Waals surface area contributed by atoms with E-state index in [0.717, 1.165) is 50.1 Å².